The summed E-state index contributed by atoms with van der Waals surface area (Å²) in [6, 6.07) is 3.64. The molecule has 0 bridgehead atoms. The summed E-state index contributed by atoms with van der Waals surface area (Å²) >= 11 is 3.40. The number of rotatable bonds is 5. The van der Waals surface area contributed by atoms with Crippen LogP contribution in [0.1, 0.15) is 5.56 Å². The molecule has 18 heavy (non-hydrogen) atoms. The topological polar surface area (TPSA) is 70.8 Å². The maximum Gasteiger partial charge on any atom is 0.232 e. The summed E-state index contributed by atoms with van der Waals surface area (Å²) in [6.45, 7) is 0.735. The summed E-state index contributed by atoms with van der Waals surface area (Å²) in [7, 11) is 0. The minimum atomic E-state index is -0.528. The fraction of sp³-hybridized carbons (Fsp3) is 0.273. The average Bonchev–Trinajstić information content (AvgIpc) is 2.75. The van der Waals surface area contributed by atoms with E-state index in [1.807, 2.05) is 12.1 Å². The third kappa shape index (κ3) is 3.21. The average molecular weight is 316 g/mol. The zero-order valence-corrected chi connectivity index (χ0v) is 10.9. The van der Waals surface area contributed by atoms with E-state index in [0.29, 0.717) is 18.1 Å². The van der Waals surface area contributed by atoms with Gasteiger partial charge in [-0.2, -0.15) is 0 Å². The van der Waals surface area contributed by atoms with Crippen LogP contribution in [-0.2, 0) is 11.3 Å². The minimum Gasteiger partial charge on any atom is -0.454 e. The van der Waals surface area contributed by atoms with Gasteiger partial charge in [-0.25, -0.2) is 0 Å². The van der Waals surface area contributed by atoms with Crippen LogP contribution in [-0.4, -0.2) is 18.3 Å². The van der Waals surface area contributed by atoms with Crippen molar-refractivity contribution in [3.63, 3.8) is 0 Å². The number of nitrogens with zero attached hydrogens (tertiary/aromatic N) is 1. The van der Waals surface area contributed by atoms with Gasteiger partial charge in [0.05, 0.1) is 18.1 Å². The van der Waals surface area contributed by atoms with Gasteiger partial charge in [0.25, 0.3) is 0 Å². The van der Waals surface area contributed by atoms with Crippen LogP contribution in [0.5, 0.6) is 11.5 Å². The Labute approximate surface area is 111 Å². The normalized spacial score (nSPS) is 13.2. The van der Waals surface area contributed by atoms with Crippen LogP contribution < -0.4 is 9.47 Å². The fourth-order valence-electron chi connectivity index (χ4n) is 1.44. The number of hydrogen-bond acceptors (Lipinski definition) is 5. The van der Waals surface area contributed by atoms with Crippen molar-refractivity contribution in [3.8, 4) is 11.5 Å². The number of benzene rings is 1. The highest BCUT2D eigenvalue weighted by Crippen LogP contribution is 2.37. The second-order valence-corrected chi connectivity index (χ2v) is 4.34. The predicted molar refractivity (Wildman–Crippen MR) is 66.1 cm³/mol. The lowest BCUT2D eigenvalue weighted by Crippen LogP contribution is -1.95. The number of hydrogen-bond donors (Lipinski definition) is 0. The van der Waals surface area contributed by atoms with Crippen molar-refractivity contribution in [2.45, 2.75) is 6.61 Å². The zero-order chi connectivity index (χ0) is 13.0. The van der Waals surface area contributed by atoms with E-state index >= 15 is 0 Å². The Bertz CT molecular complexity index is 489. The summed E-state index contributed by atoms with van der Waals surface area (Å²) in [4.78, 5) is 9.51. The lowest BCUT2D eigenvalue weighted by atomic mass is 10.2. The van der Waals surface area contributed by atoms with E-state index in [1.54, 1.807) is 0 Å². The molecule has 96 valence electrons. The van der Waals surface area contributed by atoms with Gasteiger partial charge in [0.15, 0.2) is 11.5 Å². The molecule has 0 atom stereocenters. The van der Waals surface area contributed by atoms with E-state index in [-0.39, 0.29) is 13.4 Å². The molecule has 1 aromatic rings. The smallest absolute Gasteiger partial charge is 0.232 e. The molecule has 0 radical (unpaired) electrons. The summed E-state index contributed by atoms with van der Waals surface area (Å²) in [5.74, 6) is 1.37. The Morgan fingerprint density at radius 1 is 1.44 bits per heavy atom. The van der Waals surface area contributed by atoms with Gasteiger partial charge in [-0.1, -0.05) is 15.9 Å². The van der Waals surface area contributed by atoms with E-state index in [2.05, 4.69) is 15.9 Å². The first-order chi connectivity index (χ1) is 8.66. The van der Waals surface area contributed by atoms with E-state index in [4.69, 9.17) is 14.2 Å². The highest BCUT2D eigenvalue weighted by atomic mass is 79.9. The second-order valence-electron chi connectivity index (χ2n) is 3.48. The molecule has 0 unspecified atom stereocenters. The Morgan fingerprint density at radius 2 is 2.17 bits per heavy atom. The van der Waals surface area contributed by atoms with E-state index in [1.165, 1.54) is 6.08 Å². The molecule has 0 fully saturated rings. The molecule has 0 spiro atoms. The fourth-order valence-corrected chi connectivity index (χ4v) is 1.87. The first-order valence-corrected chi connectivity index (χ1v) is 5.92. The van der Waals surface area contributed by atoms with Gasteiger partial charge in [0, 0.05) is 10.5 Å². The Hall–Kier alpha value is -1.60. The van der Waals surface area contributed by atoms with E-state index in [9.17, 15) is 10.1 Å². The highest BCUT2D eigenvalue weighted by molar-refractivity contribution is 9.10. The van der Waals surface area contributed by atoms with Gasteiger partial charge < -0.3 is 14.2 Å². The lowest BCUT2D eigenvalue weighted by Gasteiger charge is -2.06. The van der Waals surface area contributed by atoms with E-state index < -0.39 is 4.92 Å². The van der Waals surface area contributed by atoms with Gasteiger partial charge in [0.1, 0.15) is 0 Å². The summed E-state index contributed by atoms with van der Waals surface area (Å²) < 4.78 is 16.6. The lowest BCUT2D eigenvalue weighted by molar-refractivity contribution is -0.402. The van der Waals surface area contributed by atoms with E-state index in [0.717, 1.165) is 16.2 Å². The molecular weight excluding hydrogens is 306 g/mol. The van der Waals surface area contributed by atoms with Crippen LogP contribution in [0.3, 0.4) is 0 Å². The molecule has 0 N–H and O–H groups in total. The monoisotopic (exact) mass is 315 g/mol. The first kappa shape index (κ1) is 12.8. The highest BCUT2D eigenvalue weighted by Gasteiger charge is 2.16. The van der Waals surface area contributed by atoms with Crippen molar-refractivity contribution in [2.24, 2.45) is 0 Å². The minimum absolute atomic E-state index is 0.182. The molecule has 0 saturated heterocycles. The zero-order valence-electron chi connectivity index (χ0n) is 9.30. The molecule has 7 heteroatoms. The molecule has 0 saturated carbocycles. The standard InChI is InChI=1S/C11H10BrNO5/c12-9-5-11-10(17-7-18-11)4-8(9)6-16-3-1-2-13(14)15/h1-2,4-5H,3,6-7H2/b2-1+. The summed E-state index contributed by atoms with van der Waals surface area (Å²) in [6.07, 6.45) is 2.20. The third-order valence-electron chi connectivity index (χ3n) is 2.24. The molecule has 1 aromatic carbocycles. The first-order valence-electron chi connectivity index (χ1n) is 5.13. The van der Waals surface area contributed by atoms with Crippen molar-refractivity contribution in [3.05, 3.63) is 44.6 Å². The molecule has 1 heterocycles. The largest absolute Gasteiger partial charge is 0.454 e. The summed E-state index contributed by atoms with van der Waals surface area (Å²) in [5, 5.41) is 10.0. The third-order valence-corrected chi connectivity index (χ3v) is 2.98. The molecule has 0 amide bonds. The van der Waals surface area contributed by atoms with Gasteiger partial charge in [0.2, 0.25) is 13.0 Å². The quantitative estimate of drug-likeness (QED) is 0.474. The molecule has 0 aromatic heterocycles. The molecular formula is C11H10BrNO5. The van der Waals surface area contributed by atoms with Crippen LogP contribution in [0.2, 0.25) is 0 Å². The van der Waals surface area contributed by atoms with Crippen LogP contribution in [0.4, 0.5) is 0 Å². The number of halogens is 1. The van der Waals surface area contributed by atoms with Crippen molar-refractivity contribution < 1.29 is 19.1 Å². The van der Waals surface area contributed by atoms with Crippen molar-refractivity contribution >= 4 is 15.9 Å². The summed E-state index contributed by atoms with van der Waals surface area (Å²) in [5.41, 5.74) is 0.897. The Morgan fingerprint density at radius 3 is 2.89 bits per heavy atom. The van der Waals surface area contributed by atoms with Crippen LogP contribution >= 0.6 is 15.9 Å². The van der Waals surface area contributed by atoms with Gasteiger partial charge in [-0.3, -0.25) is 10.1 Å². The van der Waals surface area contributed by atoms with Crippen LogP contribution in [0, 0.1) is 10.1 Å². The van der Waals surface area contributed by atoms with Gasteiger partial charge in [-0.15, -0.1) is 0 Å². The van der Waals surface area contributed by atoms with Crippen molar-refractivity contribution in [1.82, 2.24) is 0 Å². The predicted octanol–water partition coefficient (Wildman–Crippen LogP) is 2.48. The Balaban J connectivity index is 1.92. The maximum absolute atomic E-state index is 10.0. The van der Waals surface area contributed by atoms with Gasteiger partial charge in [-0.05, 0) is 17.7 Å². The van der Waals surface area contributed by atoms with Crippen molar-refractivity contribution in [2.75, 3.05) is 13.4 Å². The number of nitro groups is 1. The Kier molecular flexibility index (Phi) is 4.16. The van der Waals surface area contributed by atoms with Crippen LogP contribution in [0.25, 0.3) is 0 Å². The molecule has 6 nitrogen and oxygen atoms in total. The second kappa shape index (κ2) is 5.83. The maximum atomic E-state index is 10.0. The van der Waals surface area contributed by atoms with Gasteiger partial charge >= 0.3 is 0 Å². The van der Waals surface area contributed by atoms with Crippen molar-refractivity contribution in [1.29, 1.82) is 0 Å². The molecule has 0 aliphatic carbocycles. The number of ether oxygens (including phenoxy) is 3. The molecule has 1 aliphatic heterocycles. The molecule has 2 rings (SSSR count). The molecule has 1 aliphatic rings. The number of fused-ring (bicyclic) bond motifs is 1. The SMILES string of the molecule is O=[N+]([O-])/C=C/COCc1cc2c(cc1Br)OCO2. The van der Waals surface area contributed by atoms with Crippen LogP contribution in [0.15, 0.2) is 28.9 Å².